The summed E-state index contributed by atoms with van der Waals surface area (Å²) in [5.74, 6) is 1.00. The number of hydrogen-bond donors (Lipinski definition) is 0. The van der Waals surface area contributed by atoms with Gasteiger partial charge in [0.05, 0.1) is 9.50 Å². The van der Waals surface area contributed by atoms with Crippen LogP contribution in [0.15, 0.2) is 16.7 Å². The molecule has 88 valence electrons. The molecule has 2 heterocycles. The van der Waals surface area contributed by atoms with Crippen LogP contribution in [0.3, 0.4) is 0 Å². The first kappa shape index (κ1) is 12.5. The molecule has 1 aliphatic heterocycles. The molecule has 0 radical (unpaired) electrons. The van der Waals surface area contributed by atoms with Crippen molar-refractivity contribution in [3.05, 3.63) is 21.8 Å². The molecule has 1 saturated heterocycles. The molecule has 1 fully saturated rings. The number of thioether (sulfide) groups is 1. The van der Waals surface area contributed by atoms with Crippen molar-refractivity contribution in [3.8, 4) is 0 Å². The highest BCUT2D eigenvalue weighted by Gasteiger charge is 2.24. The summed E-state index contributed by atoms with van der Waals surface area (Å²) in [4.78, 5) is 6.73. The van der Waals surface area contributed by atoms with Crippen molar-refractivity contribution in [2.75, 3.05) is 18.0 Å². The Kier molecular flexibility index (Phi) is 4.03. The van der Waals surface area contributed by atoms with E-state index in [1.165, 1.54) is 0 Å². The van der Waals surface area contributed by atoms with Crippen molar-refractivity contribution >= 4 is 45.1 Å². The van der Waals surface area contributed by atoms with E-state index >= 15 is 0 Å². The van der Waals surface area contributed by atoms with E-state index in [1.54, 1.807) is 6.20 Å². The lowest BCUT2D eigenvalue weighted by Gasteiger charge is -2.35. The first-order valence-corrected chi connectivity index (χ1v) is 7.39. The Morgan fingerprint density at radius 2 is 2.06 bits per heavy atom. The van der Waals surface area contributed by atoms with Crippen molar-refractivity contribution in [2.45, 2.75) is 24.3 Å². The predicted octanol–water partition coefficient (Wildman–Crippen LogP) is 3.83. The van der Waals surface area contributed by atoms with E-state index in [9.17, 15) is 0 Å². The van der Waals surface area contributed by atoms with Gasteiger partial charge in [0.25, 0.3) is 0 Å². The van der Waals surface area contributed by atoms with E-state index in [2.05, 4.69) is 39.7 Å². The first-order chi connectivity index (χ1) is 7.56. The maximum Gasteiger partial charge on any atom is 0.143 e. The van der Waals surface area contributed by atoms with Crippen LogP contribution in [0.5, 0.6) is 0 Å². The molecule has 1 aliphatic rings. The van der Waals surface area contributed by atoms with Gasteiger partial charge in [-0.3, -0.25) is 0 Å². The van der Waals surface area contributed by atoms with Crippen LogP contribution < -0.4 is 4.90 Å². The van der Waals surface area contributed by atoms with Crippen LogP contribution in [0.1, 0.15) is 13.8 Å². The Labute approximate surface area is 114 Å². The molecule has 2 atom stereocenters. The maximum absolute atomic E-state index is 5.90. The lowest BCUT2D eigenvalue weighted by molar-refractivity contribution is 0.717. The second-order valence-corrected chi connectivity index (χ2v) is 7.29. The monoisotopic (exact) mass is 320 g/mol. The Balaban J connectivity index is 2.23. The third kappa shape index (κ3) is 2.84. The van der Waals surface area contributed by atoms with Gasteiger partial charge in [0.15, 0.2) is 0 Å². The molecule has 16 heavy (non-hydrogen) atoms. The predicted molar refractivity (Wildman–Crippen MR) is 75.7 cm³/mol. The normalized spacial score (nSPS) is 25.9. The van der Waals surface area contributed by atoms with E-state index in [0.717, 1.165) is 23.4 Å². The number of rotatable bonds is 1. The largest absolute Gasteiger partial charge is 0.353 e. The summed E-state index contributed by atoms with van der Waals surface area (Å²) in [7, 11) is 0. The molecule has 5 heteroatoms. The third-order valence-electron chi connectivity index (χ3n) is 2.51. The van der Waals surface area contributed by atoms with Crippen LogP contribution in [0.4, 0.5) is 5.82 Å². The summed E-state index contributed by atoms with van der Waals surface area (Å²) in [5, 5.41) is 1.96. The molecule has 0 aromatic carbocycles. The highest BCUT2D eigenvalue weighted by Crippen LogP contribution is 2.32. The van der Waals surface area contributed by atoms with Gasteiger partial charge in [-0.25, -0.2) is 4.98 Å². The Bertz CT molecular complexity index is 378. The molecule has 1 aromatic heterocycles. The fraction of sp³-hybridized carbons (Fsp3) is 0.545. The standard InChI is InChI=1S/C11H14BrClN2S/c1-7-5-15(6-8(2)16-7)11-10(12)3-9(13)4-14-11/h3-4,7-8H,5-6H2,1-2H3. The molecular weight excluding hydrogens is 308 g/mol. The average molecular weight is 322 g/mol. The summed E-state index contributed by atoms with van der Waals surface area (Å²) in [6.07, 6.45) is 1.71. The minimum absolute atomic E-state index is 0.646. The summed E-state index contributed by atoms with van der Waals surface area (Å²) in [6, 6.07) is 1.90. The van der Waals surface area contributed by atoms with Crippen LogP contribution in [0, 0.1) is 0 Å². The van der Waals surface area contributed by atoms with Gasteiger partial charge in [0.2, 0.25) is 0 Å². The number of aromatic nitrogens is 1. The number of anilines is 1. The maximum atomic E-state index is 5.90. The number of pyridine rings is 1. The molecule has 0 N–H and O–H groups in total. The molecule has 0 aliphatic carbocycles. The highest BCUT2D eigenvalue weighted by atomic mass is 79.9. The van der Waals surface area contributed by atoms with E-state index in [4.69, 9.17) is 11.6 Å². The minimum Gasteiger partial charge on any atom is -0.353 e. The van der Waals surface area contributed by atoms with Crippen LogP contribution in [0.25, 0.3) is 0 Å². The fourth-order valence-corrected chi connectivity index (χ4v) is 4.21. The molecule has 0 spiro atoms. The second kappa shape index (κ2) is 5.15. The molecular formula is C11H14BrClN2S. The fourth-order valence-electron chi connectivity index (χ4n) is 1.99. The van der Waals surface area contributed by atoms with Crippen molar-refractivity contribution in [1.82, 2.24) is 4.98 Å². The van der Waals surface area contributed by atoms with Crippen molar-refractivity contribution < 1.29 is 0 Å². The molecule has 0 bridgehead atoms. The second-order valence-electron chi connectivity index (χ2n) is 4.12. The van der Waals surface area contributed by atoms with Gasteiger partial charge in [0, 0.05) is 29.8 Å². The molecule has 0 saturated carbocycles. The molecule has 2 rings (SSSR count). The van der Waals surface area contributed by atoms with Crippen LogP contribution in [0.2, 0.25) is 5.02 Å². The zero-order valence-corrected chi connectivity index (χ0v) is 12.4. The van der Waals surface area contributed by atoms with Gasteiger partial charge in [-0.1, -0.05) is 25.4 Å². The number of halogens is 2. The molecule has 0 amide bonds. The number of hydrogen-bond acceptors (Lipinski definition) is 3. The minimum atomic E-state index is 0.646. The third-order valence-corrected chi connectivity index (χ3v) is 4.53. The topological polar surface area (TPSA) is 16.1 Å². The molecule has 2 unspecified atom stereocenters. The van der Waals surface area contributed by atoms with Gasteiger partial charge < -0.3 is 4.90 Å². The highest BCUT2D eigenvalue weighted by molar-refractivity contribution is 9.10. The summed E-state index contributed by atoms with van der Waals surface area (Å²) < 4.78 is 0.978. The zero-order valence-electron chi connectivity index (χ0n) is 9.28. The van der Waals surface area contributed by atoms with E-state index in [1.807, 2.05) is 17.8 Å². The zero-order chi connectivity index (χ0) is 11.7. The van der Waals surface area contributed by atoms with Gasteiger partial charge >= 0.3 is 0 Å². The Hall–Kier alpha value is 0.0700. The Morgan fingerprint density at radius 1 is 1.44 bits per heavy atom. The van der Waals surface area contributed by atoms with Crippen LogP contribution in [-0.2, 0) is 0 Å². The smallest absolute Gasteiger partial charge is 0.143 e. The van der Waals surface area contributed by atoms with E-state index < -0.39 is 0 Å². The molecule has 1 aromatic rings. The lowest BCUT2D eigenvalue weighted by atomic mass is 10.3. The van der Waals surface area contributed by atoms with Gasteiger partial charge in [-0.05, 0) is 22.0 Å². The lowest BCUT2D eigenvalue weighted by Crippen LogP contribution is -2.41. The van der Waals surface area contributed by atoms with Crippen molar-refractivity contribution in [3.63, 3.8) is 0 Å². The van der Waals surface area contributed by atoms with Crippen LogP contribution in [-0.4, -0.2) is 28.6 Å². The van der Waals surface area contributed by atoms with Crippen molar-refractivity contribution in [2.24, 2.45) is 0 Å². The Morgan fingerprint density at radius 3 is 2.62 bits per heavy atom. The van der Waals surface area contributed by atoms with E-state index in [-0.39, 0.29) is 0 Å². The SMILES string of the molecule is CC1CN(c2ncc(Cl)cc2Br)CC(C)S1. The average Bonchev–Trinajstić information content (AvgIpc) is 2.15. The number of nitrogens with zero attached hydrogens (tertiary/aromatic N) is 2. The van der Waals surface area contributed by atoms with Crippen LogP contribution >= 0.6 is 39.3 Å². The van der Waals surface area contributed by atoms with Gasteiger partial charge in [-0.2, -0.15) is 11.8 Å². The summed E-state index contributed by atoms with van der Waals surface area (Å²) in [5.41, 5.74) is 0. The van der Waals surface area contributed by atoms with Gasteiger partial charge in [0.1, 0.15) is 5.82 Å². The van der Waals surface area contributed by atoms with Gasteiger partial charge in [-0.15, -0.1) is 0 Å². The summed E-state index contributed by atoms with van der Waals surface area (Å²) >= 11 is 11.5. The van der Waals surface area contributed by atoms with E-state index in [0.29, 0.717) is 15.5 Å². The summed E-state index contributed by atoms with van der Waals surface area (Å²) in [6.45, 7) is 6.61. The quantitative estimate of drug-likeness (QED) is 0.782. The first-order valence-electron chi connectivity index (χ1n) is 5.27. The van der Waals surface area contributed by atoms with Crippen molar-refractivity contribution in [1.29, 1.82) is 0 Å². The molecule has 2 nitrogen and oxygen atoms in total.